The van der Waals surface area contributed by atoms with Crippen molar-refractivity contribution in [1.82, 2.24) is 4.98 Å². The molecule has 2 rings (SSSR count). The molecule has 0 spiro atoms. The number of pyridine rings is 1. The molecule has 0 aliphatic heterocycles. The SMILES string of the molecule is Nc1ccc(Cl)nc1Nc1cccc(I)c1. The van der Waals surface area contributed by atoms with Gasteiger partial charge in [0.15, 0.2) is 5.82 Å². The van der Waals surface area contributed by atoms with Gasteiger partial charge in [-0.05, 0) is 52.9 Å². The Morgan fingerprint density at radius 1 is 1.25 bits per heavy atom. The third-order valence-electron chi connectivity index (χ3n) is 1.98. The number of halogens is 2. The summed E-state index contributed by atoms with van der Waals surface area (Å²) in [7, 11) is 0. The fraction of sp³-hybridized carbons (Fsp3) is 0. The number of hydrogen-bond acceptors (Lipinski definition) is 3. The van der Waals surface area contributed by atoms with Gasteiger partial charge in [-0.25, -0.2) is 4.98 Å². The first-order valence-electron chi connectivity index (χ1n) is 4.60. The maximum atomic E-state index is 5.81. The van der Waals surface area contributed by atoms with E-state index in [1.807, 2.05) is 24.3 Å². The molecule has 0 fully saturated rings. The summed E-state index contributed by atoms with van der Waals surface area (Å²) >= 11 is 8.05. The molecule has 82 valence electrons. The Morgan fingerprint density at radius 3 is 2.81 bits per heavy atom. The van der Waals surface area contributed by atoms with Crippen LogP contribution < -0.4 is 11.1 Å². The summed E-state index contributed by atoms with van der Waals surface area (Å²) in [4.78, 5) is 4.12. The highest BCUT2D eigenvalue weighted by molar-refractivity contribution is 14.1. The molecule has 0 aliphatic rings. The van der Waals surface area contributed by atoms with E-state index in [0.29, 0.717) is 16.7 Å². The Kier molecular flexibility index (Phi) is 3.50. The van der Waals surface area contributed by atoms with Gasteiger partial charge in [-0.1, -0.05) is 17.7 Å². The van der Waals surface area contributed by atoms with Crippen LogP contribution in [0.4, 0.5) is 17.2 Å². The van der Waals surface area contributed by atoms with Crippen molar-refractivity contribution in [2.24, 2.45) is 0 Å². The number of nitrogens with zero attached hydrogens (tertiary/aromatic N) is 1. The molecule has 1 aromatic carbocycles. The zero-order chi connectivity index (χ0) is 11.5. The molecule has 0 amide bonds. The molecule has 2 aromatic rings. The standard InChI is InChI=1S/C11H9ClIN3/c12-10-5-4-9(14)11(16-10)15-8-3-1-2-7(13)6-8/h1-6H,14H2,(H,15,16). The average molecular weight is 346 g/mol. The van der Waals surface area contributed by atoms with E-state index in [4.69, 9.17) is 17.3 Å². The number of rotatable bonds is 2. The first-order chi connectivity index (χ1) is 7.65. The Morgan fingerprint density at radius 2 is 2.06 bits per heavy atom. The lowest BCUT2D eigenvalue weighted by Crippen LogP contribution is -1.99. The minimum Gasteiger partial charge on any atom is -0.396 e. The summed E-state index contributed by atoms with van der Waals surface area (Å²) in [6, 6.07) is 11.3. The van der Waals surface area contributed by atoms with Crippen molar-refractivity contribution in [3.05, 3.63) is 45.1 Å². The second-order valence-electron chi connectivity index (χ2n) is 3.21. The van der Waals surface area contributed by atoms with Gasteiger partial charge in [0.2, 0.25) is 0 Å². The maximum Gasteiger partial charge on any atom is 0.155 e. The topological polar surface area (TPSA) is 50.9 Å². The summed E-state index contributed by atoms with van der Waals surface area (Å²) in [5.41, 5.74) is 7.30. The third-order valence-corrected chi connectivity index (χ3v) is 2.86. The number of nitrogens with one attached hydrogen (secondary N) is 1. The molecule has 0 radical (unpaired) electrons. The average Bonchev–Trinajstić information content (AvgIpc) is 2.24. The van der Waals surface area contributed by atoms with Crippen molar-refractivity contribution in [3.8, 4) is 0 Å². The van der Waals surface area contributed by atoms with Crippen LogP contribution in [-0.4, -0.2) is 4.98 Å². The molecule has 0 saturated carbocycles. The lowest BCUT2D eigenvalue weighted by molar-refractivity contribution is 1.31. The predicted molar refractivity (Wildman–Crippen MR) is 76.1 cm³/mol. The molecular weight excluding hydrogens is 336 g/mol. The Bertz CT molecular complexity index is 516. The second-order valence-corrected chi connectivity index (χ2v) is 4.84. The highest BCUT2D eigenvalue weighted by Crippen LogP contribution is 2.23. The lowest BCUT2D eigenvalue weighted by Gasteiger charge is -2.08. The predicted octanol–water partition coefficient (Wildman–Crippen LogP) is 3.67. The van der Waals surface area contributed by atoms with Crippen LogP contribution in [0.2, 0.25) is 5.15 Å². The minimum absolute atomic E-state index is 0.419. The molecule has 3 N–H and O–H groups in total. The number of anilines is 3. The van der Waals surface area contributed by atoms with Gasteiger partial charge in [-0.3, -0.25) is 0 Å². The first kappa shape index (κ1) is 11.5. The number of hydrogen-bond donors (Lipinski definition) is 2. The summed E-state index contributed by atoms with van der Waals surface area (Å²) in [6.07, 6.45) is 0. The third kappa shape index (κ3) is 2.76. The van der Waals surface area contributed by atoms with E-state index in [-0.39, 0.29) is 0 Å². The van der Waals surface area contributed by atoms with Crippen LogP contribution in [0.5, 0.6) is 0 Å². The molecule has 3 nitrogen and oxygen atoms in total. The zero-order valence-corrected chi connectivity index (χ0v) is 11.2. The Balaban J connectivity index is 2.30. The van der Waals surface area contributed by atoms with Crippen LogP contribution in [0.15, 0.2) is 36.4 Å². The van der Waals surface area contributed by atoms with Gasteiger partial charge in [-0.2, -0.15) is 0 Å². The highest BCUT2D eigenvalue weighted by atomic mass is 127. The fourth-order valence-electron chi connectivity index (χ4n) is 1.25. The van der Waals surface area contributed by atoms with Crippen LogP contribution in [0, 0.1) is 3.57 Å². The molecular formula is C11H9ClIN3. The molecule has 1 aromatic heterocycles. The fourth-order valence-corrected chi connectivity index (χ4v) is 1.94. The van der Waals surface area contributed by atoms with Crippen LogP contribution >= 0.6 is 34.2 Å². The van der Waals surface area contributed by atoms with E-state index in [1.165, 1.54) is 0 Å². The van der Waals surface area contributed by atoms with Crippen molar-refractivity contribution >= 4 is 51.4 Å². The number of aromatic nitrogens is 1. The van der Waals surface area contributed by atoms with Gasteiger partial charge < -0.3 is 11.1 Å². The van der Waals surface area contributed by atoms with Crippen molar-refractivity contribution in [1.29, 1.82) is 0 Å². The van der Waals surface area contributed by atoms with Gasteiger partial charge in [0.25, 0.3) is 0 Å². The molecule has 0 bridgehead atoms. The van der Waals surface area contributed by atoms with E-state index in [1.54, 1.807) is 12.1 Å². The normalized spacial score (nSPS) is 10.1. The van der Waals surface area contributed by atoms with E-state index < -0.39 is 0 Å². The number of nitrogen functional groups attached to an aromatic ring is 1. The van der Waals surface area contributed by atoms with Crippen LogP contribution in [0.25, 0.3) is 0 Å². The Labute approximate surface area is 112 Å². The zero-order valence-electron chi connectivity index (χ0n) is 8.24. The van der Waals surface area contributed by atoms with Gasteiger partial charge in [0.1, 0.15) is 5.15 Å². The van der Waals surface area contributed by atoms with E-state index in [0.717, 1.165) is 9.26 Å². The van der Waals surface area contributed by atoms with E-state index in [9.17, 15) is 0 Å². The summed E-state index contributed by atoms with van der Waals surface area (Å²) in [5.74, 6) is 0.578. The summed E-state index contributed by atoms with van der Waals surface area (Å²) in [5, 5.41) is 3.55. The minimum atomic E-state index is 0.419. The molecule has 5 heteroatoms. The van der Waals surface area contributed by atoms with E-state index in [2.05, 4.69) is 32.9 Å². The maximum absolute atomic E-state index is 5.81. The van der Waals surface area contributed by atoms with Gasteiger partial charge in [0.05, 0.1) is 5.69 Å². The second kappa shape index (κ2) is 4.88. The van der Waals surface area contributed by atoms with Crippen molar-refractivity contribution in [2.75, 3.05) is 11.1 Å². The number of nitrogens with two attached hydrogens (primary N) is 1. The summed E-state index contributed by atoms with van der Waals surface area (Å²) < 4.78 is 1.14. The van der Waals surface area contributed by atoms with Crippen molar-refractivity contribution in [2.45, 2.75) is 0 Å². The molecule has 0 atom stereocenters. The van der Waals surface area contributed by atoms with E-state index >= 15 is 0 Å². The molecule has 0 aliphatic carbocycles. The first-order valence-corrected chi connectivity index (χ1v) is 6.05. The highest BCUT2D eigenvalue weighted by Gasteiger charge is 2.02. The largest absolute Gasteiger partial charge is 0.396 e. The molecule has 16 heavy (non-hydrogen) atoms. The monoisotopic (exact) mass is 345 g/mol. The quantitative estimate of drug-likeness (QED) is 0.645. The smallest absolute Gasteiger partial charge is 0.155 e. The van der Waals surface area contributed by atoms with Gasteiger partial charge in [-0.15, -0.1) is 0 Å². The number of benzene rings is 1. The molecule has 0 unspecified atom stereocenters. The Hall–Kier alpha value is -1.01. The van der Waals surface area contributed by atoms with Crippen LogP contribution in [-0.2, 0) is 0 Å². The summed E-state index contributed by atoms with van der Waals surface area (Å²) in [6.45, 7) is 0. The van der Waals surface area contributed by atoms with Gasteiger partial charge in [0, 0.05) is 9.26 Å². The van der Waals surface area contributed by atoms with Crippen LogP contribution in [0.3, 0.4) is 0 Å². The molecule has 0 saturated heterocycles. The van der Waals surface area contributed by atoms with Crippen molar-refractivity contribution in [3.63, 3.8) is 0 Å². The van der Waals surface area contributed by atoms with Gasteiger partial charge >= 0.3 is 0 Å². The van der Waals surface area contributed by atoms with Crippen LogP contribution in [0.1, 0.15) is 0 Å². The lowest BCUT2D eigenvalue weighted by atomic mass is 10.3. The van der Waals surface area contributed by atoms with Crippen molar-refractivity contribution < 1.29 is 0 Å². The molecule has 1 heterocycles.